The molecule has 0 aliphatic heterocycles. The molecule has 0 bridgehead atoms. The highest BCUT2D eigenvalue weighted by Gasteiger charge is 1.98. The number of rotatable bonds is 4. The monoisotopic (exact) mass is 238 g/mol. The Hall–Kier alpha value is -2.17. The van der Waals surface area contributed by atoms with E-state index in [1.807, 2.05) is 18.2 Å². The SMILES string of the molecule is CC(=O)CC(=O)O.O=C(O)Cc1ccccc1. The van der Waals surface area contributed by atoms with Crippen molar-refractivity contribution in [3.63, 3.8) is 0 Å². The summed E-state index contributed by atoms with van der Waals surface area (Å²) in [5.41, 5.74) is 0.843. The van der Waals surface area contributed by atoms with Crippen LogP contribution in [0.1, 0.15) is 18.9 Å². The number of hydrogen-bond acceptors (Lipinski definition) is 3. The summed E-state index contributed by atoms with van der Waals surface area (Å²) < 4.78 is 0. The third-order valence-corrected chi connectivity index (χ3v) is 1.60. The van der Waals surface area contributed by atoms with Gasteiger partial charge in [0.2, 0.25) is 0 Å². The maximum Gasteiger partial charge on any atom is 0.310 e. The summed E-state index contributed by atoms with van der Waals surface area (Å²) in [5, 5.41) is 16.2. The van der Waals surface area contributed by atoms with E-state index < -0.39 is 11.9 Å². The molecule has 2 N–H and O–H groups in total. The molecule has 0 amide bonds. The molecule has 92 valence electrons. The number of carbonyl (C=O) groups excluding carboxylic acids is 1. The second-order valence-electron chi connectivity index (χ2n) is 3.33. The molecule has 0 atom stereocenters. The first kappa shape index (κ1) is 14.8. The van der Waals surface area contributed by atoms with Gasteiger partial charge >= 0.3 is 11.9 Å². The number of ketones is 1. The van der Waals surface area contributed by atoms with Crippen LogP contribution in [0, 0.1) is 0 Å². The van der Waals surface area contributed by atoms with E-state index in [0.29, 0.717) is 0 Å². The van der Waals surface area contributed by atoms with Crippen molar-refractivity contribution in [3.8, 4) is 0 Å². The number of benzene rings is 1. The molecule has 1 aromatic rings. The zero-order valence-corrected chi connectivity index (χ0v) is 9.42. The minimum Gasteiger partial charge on any atom is -0.481 e. The molecule has 1 rings (SSSR count). The van der Waals surface area contributed by atoms with Crippen LogP contribution in [0.5, 0.6) is 0 Å². The molecule has 0 aliphatic carbocycles. The van der Waals surface area contributed by atoms with Crippen LogP contribution in [0.4, 0.5) is 0 Å². The van der Waals surface area contributed by atoms with Crippen LogP contribution in [0.3, 0.4) is 0 Å². The fourth-order valence-corrected chi connectivity index (χ4v) is 0.983. The van der Waals surface area contributed by atoms with Gasteiger partial charge in [-0.15, -0.1) is 0 Å². The van der Waals surface area contributed by atoms with Gasteiger partial charge in [0.05, 0.1) is 6.42 Å². The molecule has 0 radical (unpaired) electrons. The summed E-state index contributed by atoms with van der Waals surface area (Å²) in [6.07, 6.45) is -0.249. The Kier molecular flexibility index (Phi) is 7.01. The average Bonchev–Trinajstić information content (AvgIpc) is 2.16. The van der Waals surface area contributed by atoms with E-state index in [1.165, 1.54) is 6.92 Å². The Labute approximate surface area is 98.7 Å². The zero-order chi connectivity index (χ0) is 13.3. The van der Waals surface area contributed by atoms with Crippen LogP contribution >= 0.6 is 0 Å². The van der Waals surface area contributed by atoms with Crippen LogP contribution < -0.4 is 0 Å². The van der Waals surface area contributed by atoms with Crippen molar-refractivity contribution in [3.05, 3.63) is 35.9 Å². The van der Waals surface area contributed by atoms with Crippen LogP contribution in [0.15, 0.2) is 30.3 Å². The summed E-state index contributed by atoms with van der Waals surface area (Å²) in [6.45, 7) is 1.24. The van der Waals surface area contributed by atoms with Gasteiger partial charge in [0.1, 0.15) is 12.2 Å². The summed E-state index contributed by atoms with van der Waals surface area (Å²) >= 11 is 0. The highest BCUT2D eigenvalue weighted by atomic mass is 16.4. The standard InChI is InChI=1S/C8H8O2.C4H6O3/c9-8(10)6-7-4-2-1-3-5-7;1-3(5)2-4(6)7/h1-5H,6H2,(H,9,10);2H2,1H3,(H,6,7). The Balaban J connectivity index is 0.000000325. The van der Waals surface area contributed by atoms with E-state index in [4.69, 9.17) is 10.2 Å². The lowest BCUT2D eigenvalue weighted by atomic mass is 10.2. The first-order valence-electron chi connectivity index (χ1n) is 4.88. The van der Waals surface area contributed by atoms with E-state index >= 15 is 0 Å². The molecule has 0 aliphatic rings. The van der Waals surface area contributed by atoms with E-state index in [9.17, 15) is 14.4 Å². The average molecular weight is 238 g/mol. The first-order valence-corrected chi connectivity index (χ1v) is 4.88. The molecule has 0 spiro atoms. The molecular formula is C12H14O5. The molecule has 5 nitrogen and oxygen atoms in total. The third kappa shape index (κ3) is 10.1. The van der Waals surface area contributed by atoms with Crippen molar-refractivity contribution < 1.29 is 24.6 Å². The topological polar surface area (TPSA) is 91.7 Å². The largest absolute Gasteiger partial charge is 0.481 e. The van der Waals surface area contributed by atoms with Gasteiger partial charge in [-0.3, -0.25) is 14.4 Å². The van der Waals surface area contributed by atoms with Crippen LogP contribution in [0.25, 0.3) is 0 Å². The minimum atomic E-state index is -1.06. The van der Waals surface area contributed by atoms with Gasteiger partial charge in [-0.05, 0) is 12.5 Å². The van der Waals surface area contributed by atoms with Crippen molar-refractivity contribution in [2.75, 3.05) is 0 Å². The number of carboxylic acids is 2. The predicted octanol–water partition coefficient (Wildman–Crippen LogP) is 1.36. The van der Waals surface area contributed by atoms with E-state index in [-0.39, 0.29) is 18.6 Å². The second kappa shape index (κ2) is 8.04. The van der Waals surface area contributed by atoms with E-state index in [2.05, 4.69) is 0 Å². The van der Waals surface area contributed by atoms with Crippen molar-refractivity contribution >= 4 is 17.7 Å². The number of aliphatic carboxylic acids is 2. The second-order valence-corrected chi connectivity index (χ2v) is 3.33. The van der Waals surface area contributed by atoms with Crippen LogP contribution in [-0.2, 0) is 20.8 Å². The maximum absolute atomic E-state index is 10.2. The number of Topliss-reactive ketones (excluding diaryl/α,β-unsaturated/α-hetero) is 1. The lowest BCUT2D eigenvalue weighted by Gasteiger charge is -1.92. The fourth-order valence-electron chi connectivity index (χ4n) is 0.983. The van der Waals surface area contributed by atoms with E-state index in [0.717, 1.165) is 5.56 Å². The van der Waals surface area contributed by atoms with Gasteiger partial charge in [-0.2, -0.15) is 0 Å². The molecule has 0 fully saturated rings. The quantitative estimate of drug-likeness (QED) is 0.773. The van der Waals surface area contributed by atoms with Crippen molar-refractivity contribution in [1.29, 1.82) is 0 Å². The minimum absolute atomic E-state index is 0.112. The number of carboxylic acid groups (broad SMARTS) is 2. The Bertz CT molecular complexity index is 371. The molecule has 1 aromatic carbocycles. The lowest BCUT2D eigenvalue weighted by Crippen LogP contribution is -2.00. The number of hydrogen-bond donors (Lipinski definition) is 2. The molecule has 0 saturated heterocycles. The van der Waals surface area contributed by atoms with Crippen LogP contribution in [0.2, 0.25) is 0 Å². The zero-order valence-electron chi connectivity index (χ0n) is 9.42. The molecule has 0 unspecified atom stereocenters. The maximum atomic E-state index is 10.2. The van der Waals surface area contributed by atoms with Gasteiger partial charge in [0.25, 0.3) is 0 Å². The Morgan fingerprint density at radius 1 is 1.00 bits per heavy atom. The normalized spacial score (nSPS) is 8.76. The van der Waals surface area contributed by atoms with Gasteiger partial charge < -0.3 is 10.2 Å². The highest BCUT2D eigenvalue weighted by molar-refractivity contribution is 5.93. The first-order chi connectivity index (χ1) is 7.91. The van der Waals surface area contributed by atoms with Crippen LogP contribution in [-0.4, -0.2) is 27.9 Å². The Morgan fingerprint density at radius 2 is 1.53 bits per heavy atom. The van der Waals surface area contributed by atoms with Gasteiger partial charge in [-0.25, -0.2) is 0 Å². The predicted molar refractivity (Wildman–Crippen MR) is 60.7 cm³/mol. The smallest absolute Gasteiger partial charge is 0.310 e. The fraction of sp³-hybridized carbons (Fsp3) is 0.250. The van der Waals surface area contributed by atoms with Gasteiger partial charge in [0, 0.05) is 0 Å². The molecule has 5 heteroatoms. The Morgan fingerprint density at radius 3 is 1.82 bits per heavy atom. The molecule has 17 heavy (non-hydrogen) atoms. The summed E-state index contributed by atoms with van der Waals surface area (Å²) in [7, 11) is 0. The number of carbonyl (C=O) groups is 3. The molecular weight excluding hydrogens is 224 g/mol. The van der Waals surface area contributed by atoms with Gasteiger partial charge in [0.15, 0.2) is 0 Å². The third-order valence-electron chi connectivity index (χ3n) is 1.60. The molecule has 0 saturated carbocycles. The van der Waals surface area contributed by atoms with Crippen molar-refractivity contribution in [1.82, 2.24) is 0 Å². The van der Waals surface area contributed by atoms with Crippen molar-refractivity contribution in [2.45, 2.75) is 19.8 Å². The highest BCUT2D eigenvalue weighted by Crippen LogP contribution is 1.98. The van der Waals surface area contributed by atoms with Crippen molar-refractivity contribution in [2.24, 2.45) is 0 Å². The summed E-state index contributed by atoms with van der Waals surface area (Å²) in [4.78, 5) is 29.6. The van der Waals surface area contributed by atoms with Gasteiger partial charge in [-0.1, -0.05) is 30.3 Å². The van der Waals surface area contributed by atoms with E-state index in [1.54, 1.807) is 12.1 Å². The molecule has 0 aromatic heterocycles. The lowest BCUT2D eigenvalue weighted by molar-refractivity contribution is -0.140. The summed E-state index contributed by atoms with van der Waals surface area (Å²) in [6, 6.07) is 9.13. The molecule has 0 heterocycles. The summed E-state index contributed by atoms with van der Waals surface area (Å²) in [5.74, 6) is -2.16.